The summed E-state index contributed by atoms with van der Waals surface area (Å²) in [5.41, 5.74) is 3.08. The van der Waals surface area contributed by atoms with Gasteiger partial charge in [0, 0.05) is 35.0 Å². The largest absolute Gasteiger partial charge is 0.385 e. The van der Waals surface area contributed by atoms with E-state index in [9.17, 15) is 4.79 Å². The Morgan fingerprint density at radius 3 is 2.86 bits per heavy atom. The highest BCUT2D eigenvalue weighted by atomic mass is 32.2. The van der Waals surface area contributed by atoms with Crippen molar-refractivity contribution in [3.63, 3.8) is 0 Å². The number of thioether (sulfide) groups is 1. The maximum Gasteiger partial charge on any atom is 0.251 e. The smallest absolute Gasteiger partial charge is 0.251 e. The van der Waals surface area contributed by atoms with Gasteiger partial charge in [-0.05, 0) is 42.7 Å². The van der Waals surface area contributed by atoms with Gasteiger partial charge in [0.25, 0.3) is 5.91 Å². The molecule has 22 heavy (non-hydrogen) atoms. The molecule has 2 aromatic carbocycles. The second-order valence-corrected chi connectivity index (χ2v) is 6.45. The van der Waals surface area contributed by atoms with Crippen LogP contribution in [-0.2, 0) is 6.42 Å². The van der Waals surface area contributed by atoms with Gasteiger partial charge in [-0.25, -0.2) is 0 Å². The lowest BCUT2D eigenvalue weighted by Crippen LogP contribution is -2.28. The molecule has 3 nitrogen and oxygen atoms in total. The van der Waals surface area contributed by atoms with Crippen LogP contribution in [0.15, 0.2) is 53.4 Å². The quantitative estimate of drug-likeness (QED) is 0.655. The van der Waals surface area contributed by atoms with Crippen molar-refractivity contribution in [2.75, 3.05) is 24.2 Å². The Morgan fingerprint density at radius 1 is 1.14 bits per heavy atom. The zero-order valence-electron chi connectivity index (χ0n) is 12.5. The predicted molar refractivity (Wildman–Crippen MR) is 92.8 cm³/mol. The van der Waals surface area contributed by atoms with E-state index in [2.05, 4.69) is 28.8 Å². The summed E-state index contributed by atoms with van der Waals surface area (Å²) in [7, 11) is 0. The molecule has 0 bridgehead atoms. The van der Waals surface area contributed by atoms with Gasteiger partial charge < -0.3 is 10.6 Å². The number of rotatable bonds is 5. The first-order chi connectivity index (χ1) is 10.8. The number of nitrogens with one attached hydrogen (secondary N) is 2. The number of anilines is 1. The second-order valence-electron chi connectivity index (χ2n) is 5.28. The lowest BCUT2D eigenvalue weighted by atomic mass is 9.97. The van der Waals surface area contributed by atoms with Gasteiger partial charge >= 0.3 is 0 Å². The van der Waals surface area contributed by atoms with Crippen LogP contribution in [0.5, 0.6) is 0 Å². The molecule has 3 rings (SSSR count). The third-order valence-corrected chi connectivity index (χ3v) is 4.75. The molecule has 0 saturated carbocycles. The van der Waals surface area contributed by atoms with Crippen LogP contribution in [0.1, 0.15) is 22.3 Å². The molecule has 114 valence electrons. The Kier molecular flexibility index (Phi) is 5.01. The summed E-state index contributed by atoms with van der Waals surface area (Å²) in [5.74, 6) is 0.914. The fourth-order valence-corrected chi connectivity index (χ4v) is 3.46. The average Bonchev–Trinajstić information content (AvgIpc) is 2.59. The van der Waals surface area contributed by atoms with Gasteiger partial charge in [-0.2, -0.15) is 0 Å². The zero-order valence-corrected chi connectivity index (χ0v) is 13.3. The van der Waals surface area contributed by atoms with Crippen LogP contribution in [0.25, 0.3) is 0 Å². The standard InChI is InChI=1S/C18H20N2OS/c21-18(20-12-13-22-14-6-2-1-3-7-14)16-8-4-10-17-15(16)9-5-11-19-17/h1-4,6-8,10,19H,5,9,11-13H2,(H,20,21). The summed E-state index contributed by atoms with van der Waals surface area (Å²) < 4.78 is 0. The van der Waals surface area contributed by atoms with E-state index >= 15 is 0 Å². The number of carbonyl (C=O) groups is 1. The van der Waals surface area contributed by atoms with E-state index in [0.717, 1.165) is 42.0 Å². The van der Waals surface area contributed by atoms with Crippen LogP contribution < -0.4 is 10.6 Å². The molecule has 1 heterocycles. The van der Waals surface area contributed by atoms with Crippen LogP contribution >= 0.6 is 11.8 Å². The van der Waals surface area contributed by atoms with E-state index in [0.29, 0.717) is 6.54 Å². The minimum Gasteiger partial charge on any atom is -0.385 e. The highest BCUT2D eigenvalue weighted by Crippen LogP contribution is 2.25. The average molecular weight is 312 g/mol. The maximum atomic E-state index is 12.4. The number of fused-ring (bicyclic) bond motifs is 1. The third kappa shape index (κ3) is 3.63. The van der Waals surface area contributed by atoms with E-state index in [1.165, 1.54) is 4.90 Å². The molecule has 0 aromatic heterocycles. The first-order valence-electron chi connectivity index (χ1n) is 7.66. The predicted octanol–water partition coefficient (Wildman–Crippen LogP) is 3.57. The Hall–Kier alpha value is -1.94. The van der Waals surface area contributed by atoms with Crippen molar-refractivity contribution >= 4 is 23.4 Å². The molecule has 0 atom stereocenters. The number of hydrogen-bond acceptors (Lipinski definition) is 3. The summed E-state index contributed by atoms with van der Waals surface area (Å²) in [4.78, 5) is 13.6. The molecular formula is C18H20N2OS. The fraction of sp³-hybridized carbons (Fsp3) is 0.278. The van der Waals surface area contributed by atoms with Crippen molar-refractivity contribution in [2.24, 2.45) is 0 Å². The minimum absolute atomic E-state index is 0.0363. The van der Waals surface area contributed by atoms with Gasteiger partial charge in [-0.3, -0.25) is 4.79 Å². The summed E-state index contributed by atoms with van der Waals surface area (Å²) in [6, 6.07) is 16.2. The molecule has 0 unspecified atom stereocenters. The van der Waals surface area contributed by atoms with Crippen molar-refractivity contribution in [3.05, 3.63) is 59.7 Å². The Bertz CT molecular complexity index is 643. The molecule has 0 spiro atoms. The summed E-state index contributed by atoms with van der Waals surface area (Å²) >= 11 is 1.76. The van der Waals surface area contributed by atoms with Crippen molar-refractivity contribution in [2.45, 2.75) is 17.7 Å². The molecule has 2 aromatic rings. The van der Waals surface area contributed by atoms with Gasteiger partial charge in [0.05, 0.1) is 0 Å². The molecule has 1 aliphatic heterocycles. The zero-order chi connectivity index (χ0) is 15.2. The maximum absolute atomic E-state index is 12.4. The number of carbonyl (C=O) groups excluding carboxylic acids is 1. The van der Waals surface area contributed by atoms with Crippen LogP contribution in [0, 0.1) is 0 Å². The van der Waals surface area contributed by atoms with E-state index < -0.39 is 0 Å². The van der Waals surface area contributed by atoms with E-state index in [1.54, 1.807) is 11.8 Å². The SMILES string of the molecule is O=C(NCCSc1ccccc1)c1cccc2c1CCCN2. The van der Waals surface area contributed by atoms with Crippen LogP contribution in [-0.4, -0.2) is 24.7 Å². The van der Waals surface area contributed by atoms with Gasteiger partial charge in [-0.15, -0.1) is 11.8 Å². The van der Waals surface area contributed by atoms with Gasteiger partial charge in [0.2, 0.25) is 0 Å². The first-order valence-corrected chi connectivity index (χ1v) is 8.65. The minimum atomic E-state index is 0.0363. The summed E-state index contributed by atoms with van der Waals surface area (Å²) in [5, 5.41) is 6.39. The van der Waals surface area contributed by atoms with Crippen LogP contribution in [0.2, 0.25) is 0 Å². The Labute approximate surface area is 135 Å². The lowest BCUT2D eigenvalue weighted by molar-refractivity contribution is 0.0955. The highest BCUT2D eigenvalue weighted by Gasteiger charge is 2.16. The first kappa shape index (κ1) is 15.0. The molecule has 0 aliphatic carbocycles. The molecule has 1 amide bonds. The lowest BCUT2D eigenvalue weighted by Gasteiger charge is -2.20. The van der Waals surface area contributed by atoms with Gasteiger partial charge in [-0.1, -0.05) is 24.3 Å². The molecule has 2 N–H and O–H groups in total. The Balaban J connectivity index is 1.54. The van der Waals surface area contributed by atoms with E-state index in [1.807, 2.05) is 30.3 Å². The summed E-state index contributed by atoms with van der Waals surface area (Å²) in [6.45, 7) is 1.67. The number of amides is 1. The topological polar surface area (TPSA) is 41.1 Å². The normalized spacial score (nSPS) is 13.1. The summed E-state index contributed by atoms with van der Waals surface area (Å²) in [6.07, 6.45) is 2.06. The van der Waals surface area contributed by atoms with Crippen molar-refractivity contribution in [1.29, 1.82) is 0 Å². The highest BCUT2D eigenvalue weighted by molar-refractivity contribution is 7.99. The monoisotopic (exact) mass is 312 g/mol. The van der Waals surface area contributed by atoms with Crippen LogP contribution in [0.4, 0.5) is 5.69 Å². The van der Waals surface area contributed by atoms with E-state index in [-0.39, 0.29) is 5.91 Å². The molecule has 0 saturated heterocycles. The Morgan fingerprint density at radius 2 is 2.00 bits per heavy atom. The van der Waals surface area contributed by atoms with Crippen LogP contribution in [0.3, 0.4) is 0 Å². The van der Waals surface area contributed by atoms with E-state index in [4.69, 9.17) is 0 Å². The molecule has 1 aliphatic rings. The molecule has 0 fully saturated rings. The molecular weight excluding hydrogens is 292 g/mol. The van der Waals surface area contributed by atoms with Crippen molar-refractivity contribution < 1.29 is 4.79 Å². The molecule has 0 radical (unpaired) electrons. The number of benzene rings is 2. The molecule has 4 heteroatoms. The van der Waals surface area contributed by atoms with Gasteiger partial charge in [0.1, 0.15) is 0 Å². The second kappa shape index (κ2) is 7.36. The van der Waals surface area contributed by atoms with Crippen molar-refractivity contribution in [3.8, 4) is 0 Å². The fourth-order valence-electron chi connectivity index (χ4n) is 2.67. The number of hydrogen-bond donors (Lipinski definition) is 2. The third-order valence-electron chi connectivity index (χ3n) is 3.74. The van der Waals surface area contributed by atoms with Crippen molar-refractivity contribution in [1.82, 2.24) is 5.32 Å². The van der Waals surface area contributed by atoms with Gasteiger partial charge in [0.15, 0.2) is 0 Å².